The van der Waals surface area contributed by atoms with E-state index < -0.39 is 11.8 Å². The molecule has 0 aliphatic carbocycles. The zero-order chi connectivity index (χ0) is 20.1. The van der Waals surface area contributed by atoms with Gasteiger partial charge in [-0.1, -0.05) is 13.8 Å². The number of hydrogen-bond donors (Lipinski definition) is 3. The van der Waals surface area contributed by atoms with Crippen molar-refractivity contribution in [2.75, 3.05) is 19.0 Å². The van der Waals surface area contributed by atoms with Gasteiger partial charge in [-0.15, -0.1) is 0 Å². The number of nitrogens with zero attached hydrogens (tertiary/aromatic N) is 3. The number of carbonyl (C=O) groups excluding carboxylic acids is 2. The van der Waals surface area contributed by atoms with E-state index in [1.165, 1.54) is 17.9 Å². The Balaban J connectivity index is 2.27. The molecule has 0 aromatic carbocycles. The molecule has 0 aliphatic rings. The van der Waals surface area contributed by atoms with E-state index >= 15 is 0 Å². The number of aryl methyl sites for hydroxylation is 1. The van der Waals surface area contributed by atoms with E-state index in [0.29, 0.717) is 11.4 Å². The summed E-state index contributed by atoms with van der Waals surface area (Å²) < 4.78 is 6.21. The fraction of sp³-hybridized carbons (Fsp3) is 0.471. The Kier molecular flexibility index (Phi) is 6.45. The first-order valence-corrected chi connectivity index (χ1v) is 8.50. The molecule has 10 heteroatoms. The number of amides is 2. The molecule has 27 heavy (non-hydrogen) atoms. The van der Waals surface area contributed by atoms with Crippen LogP contribution < -0.4 is 16.2 Å². The first-order valence-electron chi connectivity index (χ1n) is 8.50. The number of anilines is 1. The van der Waals surface area contributed by atoms with E-state index in [9.17, 15) is 14.4 Å². The van der Waals surface area contributed by atoms with Gasteiger partial charge in [0.25, 0.3) is 5.56 Å². The Bertz CT molecular complexity index is 886. The van der Waals surface area contributed by atoms with Crippen LogP contribution in [0.25, 0.3) is 5.95 Å². The molecule has 0 saturated heterocycles. The molecule has 10 nitrogen and oxygen atoms in total. The van der Waals surface area contributed by atoms with Gasteiger partial charge in [-0.3, -0.25) is 19.4 Å². The maximum atomic E-state index is 12.2. The van der Waals surface area contributed by atoms with E-state index in [-0.39, 0.29) is 35.9 Å². The SMILES string of the molecule is COCC(C)NC(=O)C(=O)Nc1cc(C)nn1-c1nc(C(C)C)cc(=O)[nH]1. The second-order valence-electron chi connectivity index (χ2n) is 6.52. The molecule has 1 unspecified atom stereocenters. The predicted octanol–water partition coefficient (Wildman–Crippen LogP) is 0.477. The smallest absolute Gasteiger partial charge is 0.314 e. The van der Waals surface area contributed by atoms with Gasteiger partial charge in [0.1, 0.15) is 5.82 Å². The van der Waals surface area contributed by atoms with Crippen LogP contribution in [0.1, 0.15) is 38.1 Å². The summed E-state index contributed by atoms with van der Waals surface area (Å²) in [7, 11) is 1.50. The predicted molar refractivity (Wildman–Crippen MR) is 98.9 cm³/mol. The Morgan fingerprint density at radius 3 is 2.59 bits per heavy atom. The van der Waals surface area contributed by atoms with Crippen molar-refractivity contribution in [1.29, 1.82) is 0 Å². The number of carbonyl (C=O) groups is 2. The maximum absolute atomic E-state index is 12.2. The van der Waals surface area contributed by atoms with E-state index in [4.69, 9.17) is 4.74 Å². The van der Waals surface area contributed by atoms with Gasteiger partial charge in [-0.05, 0) is 19.8 Å². The first-order chi connectivity index (χ1) is 12.7. The van der Waals surface area contributed by atoms with Gasteiger partial charge >= 0.3 is 11.8 Å². The van der Waals surface area contributed by atoms with Gasteiger partial charge in [0, 0.05) is 25.3 Å². The van der Waals surface area contributed by atoms with Crippen molar-refractivity contribution in [2.45, 2.75) is 39.7 Å². The molecule has 0 fully saturated rings. The molecule has 2 rings (SSSR count). The molecule has 0 radical (unpaired) electrons. The van der Waals surface area contributed by atoms with Crippen LogP contribution in [0.4, 0.5) is 5.82 Å². The molecule has 146 valence electrons. The zero-order valence-corrected chi connectivity index (χ0v) is 16.0. The Morgan fingerprint density at radius 1 is 1.26 bits per heavy atom. The number of hydrogen-bond acceptors (Lipinski definition) is 6. The van der Waals surface area contributed by atoms with Crippen molar-refractivity contribution >= 4 is 17.6 Å². The molecule has 0 aliphatic heterocycles. The summed E-state index contributed by atoms with van der Waals surface area (Å²) in [5, 5.41) is 9.26. The minimum Gasteiger partial charge on any atom is -0.383 e. The zero-order valence-electron chi connectivity index (χ0n) is 16.0. The molecule has 1 atom stereocenters. The lowest BCUT2D eigenvalue weighted by Crippen LogP contribution is -2.42. The van der Waals surface area contributed by atoms with E-state index in [2.05, 4.69) is 25.7 Å². The van der Waals surface area contributed by atoms with Gasteiger partial charge in [-0.2, -0.15) is 9.78 Å². The molecule has 2 amide bonds. The van der Waals surface area contributed by atoms with Crippen molar-refractivity contribution in [2.24, 2.45) is 0 Å². The molecule has 2 aromatic heterocycles. The van der Waals surface area contributed by atoms with Gasteiger partial charge in [0.2, 0.25) is 5.95 Å². The van der Waals surface area contributed by atoms with Crippen molar-refractivity contribution in [1.82, 2.24) is 25.1 Å². The number of aromatic nitrogens is 4. The van der Waals surface area contributed by atoms with Gasteiger partial charge in [-0.25, -0.2) is 4.98 Å². The van der Waals surface area contributed by atoms with Crippen LogP contribution >= 0.6 is 0 Å². The molecule has 3 N–H and O–H groups in total. The molecular formula is C17H24N6O4. The maximum Gasteiger partial charge on any atom is 0.314 e. The molecule has 0 saturated carbocycles. The summed E-state index contributed by atoms with van der Waals surface area (Å²) in [4.78, 5) is 43.1. The topological polar surface area (TPSA) is 131 Å². The Morgan fingerprint density at radius 2 is 1.96 bits per heavy atom. The van der Waals surface area contributed by atoms with Crippen LogP contribution in [-0.2, 0) is 14.3 Å². The summed E-state index contributed by atoms with van der Waals surface area (Å²) in [6.07, 6.45) is 0. The monoisotopic (exact) mass is 376 g/mol. The summed E-state index contributed by atoms with van der Waals surface area (Å²) in [5.74, 6) is -1.25. The van der Waals surface area contributed by atoms with Crippen molar-refractivity contribution in [3.05, 3.63) is 33.9 Å². The third-order valence-electron chi connectivity index (χ3n) is 3.61. The third kappa shape index (κ3) is 5.23. The Labute approximate surface area is 156 Å². The lowest BCUT2D eigenvalue weighted by atomic mass is 10.1. The van der Waals surface area contributed by atoms with Crippen LogP contribution in [0.5, 0.6) is 0 Å². The van der Waals surface area contributed by atoms with E-state index in [1.807, 2.05) is 13.8 Å². The number of ether oxygens (including phenoxy) is 1. The van der Waals surface area contributed by atoms with Gasteiger partial charge in [0.15, 0.2) is 0 Å². The minimum atomic E-state index is -0.860. The number of rotatable bonds is 6. The van der Waals surface area contributed by atoms with E-state index in [0.717, 1.165) is 0 Å². The van der Waals surface area contributed by atoms with Crippen LogP contribution in [0.15, 0.2) is 16.9 Å². The summed E-state index contributed by atoms with van der Waals surface area (Å²) in [5.41, 5.74) is 0.835. The average Bonchev–Trinajstić information content (AvgIpc) is 2.94. The minimum absolute atomic E-state index is 0.0359. The second kappa shape index (κ2) is 8.58. The highest BCUT2D eigenvalue weighted by Gasteiger charge is 2.20. The largest absolute Gasteiger partial charge is 0.383 e. The molecule has 2 aromatic rings. The number of H-pyrrole nitrogens is 1. The standard InChI is InChI=1S/C17H24N6O4/c1-9(2)12-7-14(24)21-17(19-12)23-13(6-10(3)22-23)20-16(26)15(25)18-11(4)8-27-5/h6-7,9,11H,8H2,1-5H3,(H,18,25)(H,20,26)(H,19,21,24). The number of methoxy groups -OCH3 is 1. The highest BCUT2D eigenvalue weighted by atomic mass is 16.5. The molecule has 0 bridgehead atoms. The van der Waals surface area contributed by atoms with Crippen LogP contribution in [0, 0.1) is 6.92 Å². The van der Waals surface area contributed by atoms with Gasteiger partial charge < -0.3 is 15.4 Å². The highest BCUT2D eigenvalue weighted by Crippen LogP contribution is 2.16. The van der Waals surface area contributed by atoms with Crippen molar-refractivity contribution in [3.63, 3.8) is 0 Å². The quantitative estimate of drug-likeness (QED) is 0.629. The second-order valence-corrected chi connectivity index (χ2v) is 6.52. The lowest BCUT2D eigenvalue weighted by molar-refractivity contribution is -0.136. The summed E-state index contributed by atoms with van der Waals surface area (Å²) in [6, 6.07) is 2.67. The van der Waals surface area contributed by atoms with E-state index in [1.54, 1.807) is 19.9 Å². The fourth-order valence-corrected chi connectivity index (χ4v) is 2.36. The molecular weight excluding hydrogens is 352 g/mol. The number of nitrogens with one attached hydrogen (secondary N) is 3. The summed E-state index contributed by atoms with van der Waals surface area (Å²) in [6.45, 7) is 7.54. The van der Waals surface area contributed by atoms with Crippen molar-refractivity contribution < 1.29 is 14.3 Å². The average molecular weight is 376 g/mol. The Hall–Kier alpha value is -3.01. The van der Waals surface area contributed by atoms with Crippen LogP contribution in [0.2, 0.25) is 0 Å². The van der Waals surface area contributed by atoms with Gasteiger partial charge in [0.05, 0.1) is 18.0 Å². The summed E-state index contributed by atoms with van der Waals surface area (Å²) >= 11 is 0. The molecule has 0 spiro atoms. The third-order valence-corrected chi connectivity index (χ3v) is 3.61. The number of aromatic amines is 1. The normalized spacial score (nSPS) is 12.1. The van der Waals surface area contributed by atoms with Crippen LogP contribution in [0.3, 0.4) is 0 Å². The van der Waals surface area contributed by atoms with Crippen molar-refractivity contribution in [3.8, 4) is 5.95 Å². The lowest BCUT2D eigenvalue weighted by Gasteiger charge is -2.13. The van der Waals surface area contributed by atoms with Crippen LogP contribution in [-0.4, -0.2) is 51.3 Å². The highest BCUT2D eigenvalue weighted by molar-refractivity contribution is 6.39. The molecule has 2 heterocycles. The first kappa shape index (κ1) is 20.3. The fourth-order valence-electron chi connectivity index (χ4n) is 2.36.